The first-order chi connectivity index (χ1) is 9.15. The first-order valence-electron chi connectivity index (χ1n) is 5.92. The Balaban J connectivity index is 1.80. The zero-order valence-electron chi connectivity index (χ0n) is 10.2. The minimum Gasteiger partial charge on any atom is -0.325 e. The molecule has 0 aliphatic heterocycles. The summed E-state index contributed by atoms with van der Waals surface area (Å²) in [6.45, 7) is 0. The lowest BCUT2D eigenvalue weighted by Crippen LogP contribution is -2.11. The maximum absolute atomic E-state index is 11.8. The van der Waals surface area contributed by atoms with Crippen LogP contribution in [0.3, 0.4) is 0 Å². The summed E-state index contributed by atoms with van der Waals surface area (Å²) in [5.74, 6) is 0.000721. The molecule has 0 fully saturated rings. The minimum absolute atomic E-state index is 0.000721. The number of carbonyl (C=O) groups excluding carboxylic acids is 1. The Kier molecular flexibility index (Phi) is 5.43. The lowest BCUT2D eigenvalue weighted by atomic mass is 10.2. The van der Waals surface area contributed by atoms with Gasteiger partial charge in [0.05, 0.1) is 10.7 Å². The summed E-state index contributed by atoms with van der Waals surface area (Å²) >= 11 is 11.1. The maximum Gasteiger partial charge on any atom is 0.224 e. The number of benzene rings is 1. The van der Waals surface area contributed by atoms with Gasteiger partial charge in [0, 0.05) is 15.8 Å². The van der Waals surface area contributed by atoms with Crippen LogP contribution in [0.4, 0.5) is 5.69 Å². The van der Waals surface area contributed by atoms with Crippen molar-refractivity contribution in [3.05, 3.63) is 50.1 Å². The van der Waals surface area contributed by atoms with Gasteiger partial charge in [0.15, 0.2) is 0 Å². The minimum atomic E-state index is 0.000721. The molecule has 1 N–H and O–H groups in total. The fourth-order valence-corrected chi connectivity index (χ4v) is 3.15. The van der Waals surface area contributed by atoms with Crippen molar-refractivity contribution in [3.63, 3.8) is 0 Å². The van der Waals surface area contributed by atoms with Crippen molar-refractivity contribution in [1.82, 2.24) is 0 Å². The standard InChI is InChI=1S/C14H13BrClNOS/c15-10-6-7-13(12(16)9-10)17-14(18)5-1-3-11-4-2-8-19-11/h2,4,6-9H,1,3,5H2,(H,17,18). The van der Waals surface area contributed by atoms with Crippen molar-refractivity contribution < 1.29 is 4.79 Å². The normalized spacial score (nSPS) is 10.4. The number of carbonyl (C=O) groups is 1. The molecule has 1 aromatic heterocycles. The molecule has 1 amide bonds. The van der Waals surface area contributed by atoms with Gasteiger partial charge in [0.2, 0.25) is 5.91 Å². The highest BCUT2D eigenvalue weighted by atomic mass is 79.9. The number of amides is 1. The van der Waals surface area contributed by atoms with Crippen LogP contribution in [-0.2, 0) is 11.2 Å². The number of rotatable bonds is 5. The van der Waals surface area contributed by atoms with E-state index < -0.39 is 0 Å². The zero-order chi connectivity index (χ0) is 13.7. The summed E-state index contributed by atoms with van der Waals surface area (Å²) in [6.07, 6.45) is 2.30. The molecule has 0 bridgehead atoms. The molecule has 5 heteroatoms. The van der Waals surface area contributed by atoms with Crippen molar-refractivity contribution >= 4 is 50.5 Å². The van der Waals surface area contributed by atoms with E-state index in [2.05, 4.69) is 32.7 Å². The monoisotopic (exact) mass is 357 g/mol. The molecule has 0 aliphatic rings. The fraction of sp³-hybridized carbons (Fsp3) is 0.214. The highest BCUT2D eigenvalue weighted by Crippen LogP contribution is 2.25. The lowest BCUT2D eigenvalue weighted by Gasteiger charge is -2.07. The van der Waals surface area contributed by atoms with Crippen LogP contribution in [0.2, 0.25) is 5.02 Å². The second kappa shape index (κ2) is 7.08. The largest absolute Gasteiger partial charge is 0.325 e. The van der Waals surface area contributed by atoms with E-state index in [9.17, 15) is 4.79 Å². The molecule has 2 aromatic rings. The second-order valence-corrected chi connectivity index (χ2v) is 6.46. The van der Waals surface area contributed by atoms with E-state index in [0.717, 1.165) is 17.3 Å². The summed E-state index contributed by atoms with van der Waals surface area (Å²) in [7, 11) is 0. The third kappa shape index (κ3) is 4.64. The summed E-state index contributed by atoms with van der Waals surface area (Å²) in [6, 6.07) is 9.54. The molecule has 2 rings (SSSR count). The molecule has 1 heterocycles. The molecule has 19 heavy (non-hydrogen) atoms. The van der Waals surface area contributed by atoms with Crippen LogP contribution in [-0.4, -0.2) is 5.91 Å². The highest BCUT2D eigenvalue weighted by molar-refractivity contribution is 9.10. The number of halogens is 2. The van der Waals surface area contributed by atoms with Crippen molar-refractivity contribution in [2.45, 2.75) is 19.3 Å². The predicted molar refractivity (Wildman–Crippen MR) is 85.0 cm³/mol. The SMILES string of the molecule is O=C(CCCc1cccs1)Nc1ccc(Br)cc1Cl. The van der Waals surface area contributed by atoms with Gasteiger partial charge in [-0.2, -0.15) is 0 Å². The average Bonchev–Trinajstić information content (AvgIpc) is 2.86. The molecule has 0 aliphatic carbocycles. The molecule has 0 radical (unpaired) electrons. The van der Waals surface area contributed by atoms with Gasteiger partial charge < -0.3 is 5.32 Å². The first-order valence-corrected chi connectivity index (χ1v) is 7.97. The number of anilines is 1. The number of nitrogens with one attached hydrogen (secondary N) is 1. The van der Waals surface area contributed by atoms with Gasteiger partial charge in [0.25, 0.3) is 0 Å². The molecule has 0 spiro atoms. The topological polar surface area (TPSA) is 29.1 Å². The summed E-state index contributed by atoms with van der Waals surface area (Å²) in [4.78, 5) is 13.1. The van der Waals surface area contributed by atoms with E-state index in [-0.39, 0.29) is 5.91 Å². The lowest BCUT2D eigenvalue weighted by molar-refractivity contribution is -0.116. The van der Waals surface area contributed by atoms with E-state index in [4.69, 9.17) is 11.6 Å². The van der Waals surface area contributed by atoms with Gasteiger partial charge in [-0.05, 0) is 42.5 Å². The van der Waals surface area contributed by atoms with E-state index in [0.29, 0.717) is 17.1 Å². The van der Waals surface area contributed by atoms with Gasteiger partial charge in [-0.15, -0.1) is 11.3 Å². The second-order valence-electron chi connectivity index (χ2n) is 4.11. The Bertz CT molecular complexity index is 557. The summed E-state index contributed by atoms with van der Waals surface area (Å²) in [5.41, 5.74) is 0.658. The average molecular weight is 359 g/mol. The quantitative estimate of drug-likeness (QED) is 0.789. The zero-order valence-corrected chi connectivity index (χ0v) is 13.3. The van der Waals surface area contributed by atoms with Gasteiger partial charge in [-0.1, -0.05) is 33.6 Å². The third-order valence-electron chi connectivity index (χ3n) is 2.61. The number of aryl methyl sites for hydroxylation is 1. The smallest absolute Gasteiger partial charge is 0.224 e. The summed E-state index contributed by atoms with van der Waals surface area (Å²) in [5, 5.41) is 5.42. The van der Waals surface area contributed by atoms with Crippen molar-refractivity contribution in [1.29, 1.82) is 0 Å². The van der Waals surface area contributed by atoms with Gasteiger partial charge in [0.1, 0.15) is 0 Å². The van der Waals surface area contributed by atoms with Crippen LogP contribution in [0.25, 0.3) is 0 Å². The molecule has 0 saturated heterocycles. The van der Waals surface area contributed by atoms with Crippen molar-refractivity contribution in [2.24, 2.45) is 0 Å². The van der Waals surface area contributed by atoms with Crippen LogP contribution >= 0.6 is 38.9 Å². The highest BCUT2D eigenvalue weighted by Gasteiger charge is 2.06. The molecule has 100 valence electrons. The predicted octanol–water partition coefficient (Wildman–Crippen LogP) is 5.13. The fourth-order valence-electron chi connectivity index (χ4n) is 1.68. The number of hydrogen-bond donors (Lipinski definition) is 1. The molecule has 0 atom stereocenters. The van der Waals surface area contributed by atoms with Crippen LogP contribution in [0.1, 0.15) is 17.7 Å². The molecular weight excluding hydrogens is 346 g/mol. The summed E-state index contributed by atoms with van der Waals surface area (Å²) < 4.78 is 0.896. The van der Waals surface area contributed by atoms with E-state index in [1.807, 2.05) is 12.1 Å². The molecule has 2 nitrogen and oxygen atoms in total. The molecule has 1 aromatic carbocycles. The van der Waals surface area contributed by atoms with Gasteiger partial charge >= 0.3 is 0 Å². The van der Waals surface area contributed by atoms with Crippen LogP contribution in [0.15, 0.2) is 40.2 Å². The third-order valence-corrected chi connectivity index (χ3v) is 4.35. The number of thiophene rings is 1. The van der Waals surface area contributed by atoms with E-state index in [1.165, 1.54) is 4.88 Å². The van der Waals surface area contributed by atoms with Crippen LogP contribution in [0, 0.1) is 0 Å². The van der Waals surface area contributed by atoms with Gasteiger partial charge in [-0.3, -0.25) is 4.79 Å². The Morgan fingerprint density at radius 3 is 2.89 bits per heavy atom. The molecular formula is C14H13BrClNOS. The van der Waals surface area contributed by atoms with Crippen molar-refractivity contribution in [3.8, 4) is 0 Å². The van der Waals surface area contributed by atoms with Gasteiger partial charge in [-0.25, -0.2) is 0 Å². The molecule has 0 unspecified atom stereocenters. The maximum atomic E-state index is 11.8. The van der Waals surface area contributed by atoms with Crippen molar-refractivity contribution in [2.75, 3.05) is 5.32 Å². The van der Waals surface area contributed by atoms with E-state index >= 15 is 0 Å². The Morgan fingerprint density at radius 1 is 1.37 bits per heavy atom. The van der Waals surface area contributed by atoms with Crippen LogP contribution in [0.5, 0.6) is 0 Å². The number of hydrogen-bond acceptors (Lipinski definition) is 2. The first kappa shape index (κ1) is 14.6. The van der Waals surface area contributed by atoms with Crippen LogP contribution < -0.4 is 5.32 Å². The Morgan fingerprint density at radius 2 is 2.21 bits per heavy atom. The molecule has 0 saturated carbocycles. The van der Waals surface area contributed by atoms with E-state index in [1.54, 1.807) is 23.5 Å². The Hall–Kier alpha value is -0.840. The Labute approximate surface area is 129 Å².